The van der Waals surface area contributed by atoms with Crippen LogP contribution < -0.4 is 10.9 Å². The first-order chi connectivity index (χ1) is 9.97. The number of carbonyl (C=O) groups excluding carboxylic acids is 1. The van der Waals surface area contributed by atoms with Gasteiger partial charge in [0.2, 0.25) is 0 Å². The van der Waals surface area contributed by atoms with E-state index in [0.717, 1.165) is 5.69 Å². The number of hydrogen-bond acceptors (Lipinski definition) is 3. The average Bonchev–Trinajstić information content (AvgIpc) is 2.79. The predicted molar refractivity (Wildman–Crippen MR) is 80.7 cm³/mol. The van der Waals surface area contributed by atoms with Crippen molar-refractivity contribution >= 4 is 17.5 Å². The molecule has 0 aliphatic heterocycles. The zero-order chi connectivity index (χ0) is 15.4. The van der Waals surface area contributed by atoms with Gasteiger partial charge in [-0.2, -0.15) is 5.10 Å². The molecule has 2 rings (SSSR count). The van der Waals surface area contributed by atoms with Crippen molar-refractivity contribution in [2.24, 2.45) is 0 Å². The molecule has 0 aromatic carbocycles. The van der Waals surface area contributed by atoms with Crippen LogP contribution in [0.2, 0.25) is 5.02 Å². The van der Waals surface area contributed by atoms with Crippen LogP contribution >= 0.6 is 11.6 Å². The van der Waals surface area contributed by atoms with Gasteiger partial charge in [-0.15, -0.1) is 0 Å². The zero-order valence-electron chi connectivity index (χ0n) is 11.9. The lowest BCUT2D eigenvalue weighted by molar-refractivity contribution is 0.0950. The van der Waals surface area contributed by atoms with Crippen molar-refractivity contribution in [3.63, 3.8) is 0 Å². The molecular formula is C14H17ClN4O2. The number of nitrogens with one attached hydrogen (secondary N) is 2. The topological polar surface area (TPSA) is 79.8 Å². The molecule has 0 saturated heterocycles. The number of H-pyrrole nitrogens is 1. The van der Waals surface area contributed by atoms with Crippen molar-refractivity contribution < 1.29 is 4.79 Å². The number of rotatable bonds is 5. The fourth-order valence-electron chi connectivity index (χ4n) is 2.13. The summed E-state index contributed by atoms with van der Waals surface area (Å²) in [5.74, 6) is -0.354. The fraction of sp³-hybridized carbons (Fsp3) is 0.357. The molecule has 2 aromatic rings. The molecule has 1 amide bonds. The molecule has 112 valence electrons. The van der Waals surface area contributed by atoms with Crippen LogP contribution in [-0.4, -0.2) is 27.2 Å². The van der Waals surface area contributed by atoms with Gasteiger partial charge in [0.25, 0.3) is 11.5 Å². The Labute approximate surface area is 127 Å². The average molecular weight is 309 g/mol. The van der Waals surface area contributed by atoms with E-state index in [1.807, 2.05) is 0 Å². The molecule has 2 aromatic heterocycles. The minimum Gasteiger partial charge on any atom is -0.352 e. The van der Waals surface area contributed by atoms with E-state index in [9.17, 15) is 9.59 Å². The van der Waals surface area contributed by atoms with Crippen molar-refractivity contribution in [3.05, 3.63) is 50.7 Å². The largest absolute Gasteiger partial charge is 0.352 e. The third kappa shape index (κ3) is 3.95. The quantitative estimate of drug-likeness (QED) is 0.824. The van der Waals surface area contributed by atoms with Gasteiger partial charge in [0, 0.05) is 25.0 Å². The molecule has 2 N–H and O–H groups in total. The zero-order valence-corrected chi connectivity index (χ0v) is 12.7. The predicted octanol–water partition coefficient (Wildman–Crippen LogP) is 1.66. The Balaban J connectivity index is 1.89. The van der Waals surface area contributed by atoms with E-state index in [2.05, 4.69) is 15.4 Å². The molecule has 0 radical (unpaired) electrons. The number of carbonyl (C=O) groups is 1. The monoisotopic (exact) mass is 308 g/mol. The van der Waals surface area contributed by atoms with Crippen LogP contribution in [0.4, 0.5) is 0 Å². The maximum atomic E-state index is 12.0. The van der Waals surface area contributed by atoms with Crippen LogP contribution in [0.1, 0.15) is 28.0 Å². The molecule has 6 nitrogen and oxygen atoms in total. The van der Waals surface area contributed by atoms with E-state index in [1.165, 1.54) is 0 Å². The molecule has 0 aliphatic carbocycles. The van der Waals surface area contributed by atoms with E-state index >= 15 is 0 Å². The minimum absolute atomic E-state index is 0.169. The molecule has 2 heterocycles. The Kier molecular flexibility index (Phi) is 4.80. The van der Waals surface area contributed by atoms with Crippen molar-refractivity contribution in [1.82, 2.24) is 20.1 Å². The highest BCUT2D eigenvalue weighted by atomic mass is 35.5. The number of pyridine rings is 1. The van der Waals surface area contributed by atoms with Crippen molar-refractivity contribution in [3.8, 4) is 0 Å². The summed E-state index contributed by atoms with van der Waals surface area (Å²) in [5.41, 5.74) is 1.23. The van der Waals surface area contributed by atoms with Crippen molar-refractivity contribution in [2.45, 2.75) is 26.8 Å². The molecule has 21 heavy (non-hydrogen) atoms. The summed E-state index contributed by atoms with van der Waals surface area (Å²) >= 11 is 5.76. The number of aromatic nitrogens is 3. The van der Waals surface area contributed by atoms with Crippen LogP contribution in [0, 0.1) is 13.8 Å². The first-order valence-electron chi connectivity index (χ1n) is 6.64. The Morgan fingerprint density at radius 2 is 2.24 bits per heavy atom. The summed E-state index contributed by atoms with van der Waals surface area (Å²) in [7, 11) is 0. The van der Waals surface area contributed by atoms with Crippen molar-refractivity contribution in [2.75, 3.05) is 6.54 Å². The lowest BCUT2D eigenvalue weighted by Crippen LogP contribution is -2.32. The van der Waals surface area contributed by atoms with Crippen LogP contribution in [0.15, 0.2) is 23.3 Å². The van der Waals surface area contributed by atoms with E-state index < -0.39 is 0 Å². The first-order valence-corrected chi connectivity index (χ1v) is 7.02. The minimum atomic E-state index is -0.358. The van der Waals surface area contributed by atoms with E-state index in [1.54, 1.807) is 37.0 Å². The van der Waals surface area contributed by atoms with Gasteiger partial charge in [0.1, 0.15) is 5.56 Å². The van der Waals surface area contributed by atoms with Crippen LogP contribution in [0.3, 0.4) is 0 Å². The summed E-state index contributed by atoms with van der Waals surface area (Å²) in [6.45, 7) is 4.65. The molecule has 0 fully saturated rings. The van der Waals surface area contributed by atoms with Gasteiger partial charge in [-0.05, 0) is 31.9 Å². The lowest BCUT2D eigenvalue weighted by atomic mass is 10.1. The second-order valence-corrected chi connectivity index (χ2v) is 5.31. The highest BCUT2D eigenvalue weighted by Gasteiger charge is 2.13. The second kappa shape index (κ2) is 6.58. The van der Waals surface area contributed by atoms with E-state index in [-0.39, 0.29) is 17.0 Å². The van der Waals surface area contributed by atoms with Gasteiger partial charge < -0.3 is 10.3 Å². The van der Waals surface area contributed by atoms with Gasteiger partial charge in [0.05, 0.1) is 11.2 Å². The third-order valence-electron chi connectivity index (χ3n) is 3.04. The maximum absolute atomic E-state index is 12.0. The normalized spacial score (nSPS) is 10.6. The van der Waals surface area contributed by atoms with E-state index in [0.29, 0.717) is 30.1 Å². The summed E-state index contributed by atoms with van der Waals surface area (Å²) in [4.78, 5) is 26.5. The lowest BCUT2D eigenvalue weighted by Gasteiger charge is -2.07. The highest BCUT2D eigenvalue weighted by molar-refractivity contribution is 6.30. The van der Waals surface area contributed by atoms with Gasteiger partial charge >= 0.3 is 0 Å². The molecule has 0 saturated carbocycles. The Hall–Kier alpha value is -2.08. The fourth-order valence-corrected chi connectivity index (χ4v) is 2.28. The van der Waals surface area contributed by atoms with Crippen LogP contribution in [-0.2, 0) is 6.54 Å². The van der Waals surface area contributed by atoms with Gasteiger partial charge in [0.15, 0.2) is 0 Å². The molecule has 0 bridgehead atoms. The van der Waals surface area contributed by atoms with Crippen molar-refractivity contribution in [1.29, 1.82) is 0 Å². The van der Waals surface area contributed by atoms with Gasteiger partial charge in [-0.25, -0.2) is 0 Å². The van der Waals surface area contributed by atoms with Gasteiger partial charge in [-0.3, -0.25) is 14.3 Å². The number of amides is 1. The Bertz CT molecular complexity index is 705. The summed E-state index contributed by atoms with van der Waals surface area (Å²) in [6, 6.07) is 1.78. The Morgan fingerprint density at radius 3 is 2.86 bits per heavy atom. The first kappa shape index (κ1) is 15.3. The molecule has 0 aliphatic rings. The maximum Gasteiger partial charge on any atom is 0.261 e. The molecule has 0 atom stereocenters. The molecular weight excluding hydrogens is 292 g/mol. The summed E-state index contributed by atoms with van der Waals surface area (Å²) in [6.07, 6.45) is 3.99. The van der Waals surface area contributed by atoms with Crippen LogP contribution in [0.5, 0.6) is 0 Å². The molecule has 0 unspecified atom stereocenters. The smallest absolute Gasteiger partial charge is 0.261 e. The summed E-state index contributed by atoms with van der Waals surface area (Å²) < 4.78 is 1.71. The second-order valence-electron chi connectivity index (χ2n) is 4.87. The molecule has 0 spiro atoms. The number of nitrogens with zero attached hydrogens (tertiary/aromatic N) is 2. The Morgan fingerprint density at radius 1 is 1.48 bits per heavy atom. The van der Waals surface area contributed by atoms with Gasteiger partial charge in [-0.1, -0.05) is 11.6 Å². The van der Waals surface area contributed by atoms with Crippen LogP contribution in [0.25, 0.3) is 0 Å². The standard InChI is InChI=1S/C14H17ClN4O2/c1-9-6-10(2)18-14(21)12(9)13(20)16-4-3-5-19-8-11(15)7-17-19/h6-8H,3-5H2,1-2H3,(H,16,20)(H,18,21). The third-order valence-corrected chi connectivity index (χ3v) is 3.24. The number of aryl methyl sites for hydroxylation is 3. The molecule has 7 heteroatoms. The number of aromatic amines is 1. The van der Waals surface area contributed by atoms with E-state index in [4.69, 9.17) is 11.6 Å². The number of halogens is 1. The SMILES string of the molecule is Cc1cc(C)c(C(=O)NCCCn2cc(Cl)cn2)c(=O)[nH]1. The summed E-state index contributed by atoms with van der Waals surface area (Å²) in [5, 5.41) is 7.37. The number of hydrogen-bond donors (Lipinski definition) is 2. The highest BCUT2D eigenvalue weighted by Crippen LogP contribution is 2.05.